The quantitative estimate of drug-likeness (QED) is 0.747. The summed E-state index contributed by atoms with van der Waals surface area (Å²) in [6, 6.07) is 0.339. The largest absolute Gasteiger partial charge is 0.481 e. The van der Waals surface area contributed by atoms with Crippen molar-refractivity contribution in [1.82, 2.24) is 5.32 Å². The molecule has 0 radical (unpaired) electrons. The number of hydrogen-bond donors (Lipinski definition) is 2. The molecule has 0 aromatic rings. The van der Waals surface area contributed by atoms with Crippen molar-refractivity contribution < 1.29 is 14.6 Å². The van der Waals surface area contributed by atoms with E-state index in [0.29, 0.717) is 6.04 Å². The molecule has 0 aromatic carbocycles. The van der Waals surface area contributed by atoms with Gasteiger partial charge in [0.25, 0.3) is 0 Å². The molecular formula is C15H29NO3. The van der Waals surface area contributed by atoms with Gasteiger partial charge in [0, 0.05) is 13.2 Å². The first-order valence-electron chi connectivity index (χ1n) is 7.37. The molecule has 0 bridgehead atoms. The van der Waals surface area contributed by atoms with Crippen LogP contribution in [0.4, 0.5) is 0 Å². The van der Waals surface area contributed by atoms with E-state index in [9.17, 15) is 9.90 Å². The van der Waals surface area contributed by atoms with Crippen LogP contribution in [0.25, 0.3) is 0 Å². The predicted octanol–water partition coefficient (Wildman–Crippen LogP) is 2.67. The minimum Gasteiger partial charge on any atom is -0.481 e. The summed E-state index contributed by atoms with van der Waals surface area (Å²) in [6.07, 6.45) is 5.01. The van der Waals surface area contributed by atoms with Gasteiger partial charge < -0.3 is 15.2 Å². The van der Waals surface area contributed by atoms with Crippen molar-refractivity contribution in [2.45, 2.75) is 64.5 Å². The Bertz CT molecular complexity index is 291. The second kappa shape index (κ2) is 7.25. The normalized spacial score (nSPS) is 26.1. The van der Waals surface area contributed by atoms with Gasteiger partial charge in [-0.25, -0.2) is 0 Å². The Morgan fingerprint density at radius 2 is 2.05 bits per heavy atom. The van der Waals surface area contributed by atoms with Crippen LogP contribution in [0.1, 0.15) is 52.9 Å². The van der Waals surface area contributed by atoms with Gasteiger partial charge in [-0.3, -0.25) is 4.79 Å². The molecule has 1 saturated carbocycles. The maximum absolute atomic E-state index is 11.2. The van der Waals surface area contributed by atoms with Crippen LogP contribution in [0, 0.1) is 11.8 Å². The van der Waals surface area contributed by atoms with E-state index in [4.69, 9.17) is 4.74 Å². The Morgan fingerprint density at radius 3 is 2.63 bits per heavy atom. The minimum atomic E-state index is -0.628. The first-order valence-corrected chi connectivity index (χ1v) is 7.37. The average Bonchev–Trinajstić information content (AvgIpc) is 2.36. The molecule has 1 aliphatic rings. The SMILES string of the molecule is COC(C)(C)CC(C)NCC1CCCCC1C(=O)O. The molecule has 0 aliphatic heterocycles. The van der Waals surface area contributed by atoms with Gasteiger partial charge in [-0.2, -0.15) is 0 Å². The number of hydrogen-bond acceptors (Lipinski definition) is 3. The number of ether oxygens (including phenoxy) is 1. The third-order valence-electron chi connectivity index (χ3n) is 4.31. The highest BCUT2D eigenvalue weighted by molar-refractivity contribution is 5.70. The molecule has 4 nitrogen and oxygen atoms in total. The smallest absolute Gasteiger partial charge is 0.306 e. The second-order valence-electron chi connectivity index (χ2n) is 6.47. The molecule has 112 valence electrons. The van der Waals surface area contributed by atoms with Crippen LogP contribution in [0.2, 0.25) is 0 Å². The van der Waals surface area contributed by atoms with Crippen LogP contribution >= 0.6 is 0 Å². The standard InChI is InChI=1S/C15H29NO3/c1-11(9-15(2,3)19-4)16-10-12-7-5-6-8-13(12)14(17)18/h11-13,16H,5-10H2,1-4H3,(H,17,18). The van der Waals surface area contributed by atoms with E-state index < -0.39 is 5.97 Å². The van der Waals surface area contributed by atoms with Crippen LogP contribution in [0.15, 0.2) is 0 Å². The third-order valence-corrected chi connectivity index (χ3v) is 4.31. The summed E-state index contributed by atoms with van der Waals surface area (Å²) in [4.78, 5) is 11.2. The minimum absolute atomic E-state index is 0.134. The summed E-state index contributed by atoms with van der Waals surface area (Å²) in [5.74, 6) is -0.514. The number of carboxylic acids is 1. The lowest BCUT2D eigenvalue weighted by molar-refractivity contribution is -0.144. The fraction of sp³-hybridized carbons (Fsp3) is 0.933. The van der Waals surface area contributed by atoms with E-state index in [1.54, 1.807) is 7.11 Å². The first kappa shape index (κ1) is 16.4. The molecule has 3 unspecified atom stereocenters. The highest BCUT2D eigenvalue weighted by Gasteiger charge is 2.31. The van der Waals surface area contributed by atoms with Crippen molar-refractivity contribution in [1.29, 1.82) is 0 Å². The van der Waals surface area contributed by atoms with Gasteiger partial charge in [0.05, 0.1) is 11.5 Å². The molecule has 0 saturated heterocycles. The molecule has 19 heavy (non-hydrogen) atoms. The second-order valence-corrected chi connectivity index (χ2v) is 6.47. The molecule has 3 atom stereocenters. The van der Waals surface area contributed by atoms with Crippen LogP contribution in [0.5, 0.6) is 0 Å². The topological polar surface area (TPSA) is 58.6 Å². The Morgan fingerprint density at radius 1 is 1.42 bits per heavy atom. The average molecular weight is 271 g/mol. The van der Waals surface area contributed by atoms with Gasteiger partial charge in [-0.1, -0.05) is 12.8 Å². The van der Waals surface area contributed by atoms with Gasteiger partial charge in [0.2, 0.25) is 0 Å². The van der Waals surface area contributed by atoms with E-state index >= 15 is 0 Å². The Kier molecular flexibility index (Phi) is 6.27. The van der Waals surface area contributed by atoms with Crippen molar-refractivity contribution >= 4 is 5.97 Å². The molecule has 4 heteroatoms. The van der Waals surface area contributed by atoms with Gasteiger partial charge in [-0.15, -0.1) is 0 Å². The monoisotopic (exact) mass is 271 g/mol. The zero-order valence-electron chi connectivity index (χ0n) is 12.7. The summed E-state index contributed by atoms with van der Waals surface area (Å²) in [6.45, 7) is 7.09. The number of rotatable bonds is 7. The molecule has 1 fully saturated rings. The zero-order valence-corrected chi connectivity index (χ0v) is 12.7. The third kappa shape index (κ3) is 5.49. The van der Waals surface area contributed by atoms with Crippen LogP contribution in [0.3, 0.4) is 0 Å². The lowest BCUT2D eigenvalue weighted by Crippen LogP contribution is -2.41. The lowest BCUT2D eigenvalue weighted by atomic mass is 9.79. The van der Waals surface area contributed by atoms with Gasteiger partial charge in [-0.05, 0) is 52.5 Å². The van der Waals surface area contributed by atoms with Crippen molar-refractivity contribution in [3.63, 3.8) is 0 Å². The van der Waals surface area contributed by atoms with Crippen LogP contribution in [-0.2, 0) is 9.53 Å². The molecule has 0 amide bonds. The van der Waals surface area contributed by atoms with Gasteiger partial charge >= 0.3 is 5.97 Å². The fourth-order valence-electron chi connectivity index (χ4n) is 3.02. The van der Waals surface area contributed by atoms with Crippen molar-refractivity contribution in [3.05, 3.63) is 0 Å². The maximum Gasteiger partial charge on any atom is 0.306 e. The van der Waals surface area contributed by atoms with Gasteiger partial charge in [0.15, 0.2) is 0 Å². The van der Waals surface area contributed by atoms with E-state index in [1.165, 1.54) is 0 Å². The van der Waals surface area contributed by atoms with E-state index in [0.717, 1.165) is 38.6 Å². The molecule has 0 aromatic heterocycles. The molecular weight excluding hydrogens is 242 g/mol. The number of carboxylic acid groups (broad SMARTS) is 1. The van der Waals surface area contributed by atoms with Crippen molar-refractivity contribution in [2.24, 2.45) is 11.8 Å². The maximum atomic E-state index is 11.2. The van der Waals surface area contributed by atoms with Crippen LogP contribution in [-0.4, -0.2) is 36.4 Å². The Labute approximate surface area is 116 Å². The predicted molar refractivity (Wildman–Crippen MR) is 76.3 cm³/mol. The number of carbonyl (C=O) groups is 1. The Balaban J connectivity index is 2.39. The number of methoxy groups -OCH3 is 1. The van der Waals surface area contributed by atoms with Gasteiger partial charge in [0.1, 0.15) is 0 Å². The van der Waals surface area contributed by atoms with Crippen molar-refractivity contribution in [2.75, 3.05) is 13.7 Å². The summed E-state index contributed by atoms with van der Waals surface area (Å²) in [7, 11) is 1.73. The van der Waals surface area contributed by atoms with E-state index in [2.05, 4.69) is 26.1 Å². The van der Waals surface area contributed by atoms with Crippen LogP contribution < -0.4 is 5.32 Å². The number of nitrogens with one attached hydrogen (secondary N) is 1. The zero-order chi connectivity index (χ0) is 14.5. The fourth-order valence-corrected chi connectivity index (χ4v) is 3.02. The van der Waals surface area contributed by atoms with E-state index in [1.807, 2.05) is 0 Å². The highest BCUT2D eigenvalue weighted by atomic mass is 16.5. The summed E-state index contributed by atoms with van der Waals surface area (Å²) >= 11 is 0. The molecule has 1 rings (SSSR count). The molecule has 2 N–H and O–H groups in total. The summed E-state index contributed by atoms with van der Waals surface area (Å²) in [5.41, 5.74) is -0.134. The number of aliphatic carboxylic acids is 1. The lowest BCUT2D eigenvalue weighted by Gasteiger charge is -2.32. The highest BCUT2D eigenvalue weighted by Crippen LogP contribution is 2.30. The summed E-state index contributed by atoms with van der Waals surface area (Å²) in [5, 5.41) is 12.7. The molecule has 1 aliphatic carbocycles. The molecule has 0 spiro atoms. The Hall–Kier alpha value is -0.610. The van der Waals surface area contributed by atoms with Crippen molar-refractivity contribution in [3.8, 4) is 0 Å². The molecule has 0 heterocycles. The summed E-state index contributed by atoms with van der Waals surface area (Å²) < 4.78 is 5.43. The first-order chi connectivity index (χ1) is 8.85. The van der Waals surface area contributed by atoms with E-state index in [-0.39, 0.29) is 17.4 Å².